The molecule has 0 saturated heterocycles. The SMILES string of the molecule is CCc1cc(Br)cc(CC)c1NC(=O)CN(C1CCCCC1)S(C)(=O)=O. The molecule has 0 unspecified atom stereocenters. The van der Waals surface area contributed by atoms with Gasteiger partial charge in [0.2, 0.25) is 15.9 Å². The zero-order valence-corrected chi connectivity index (χ0v) is 18.2. The lowest BCUT2D eigenvalue weighted by molar-refractivity contribution is -0.116. The molecule has 146 valence electrons. The number of hydrogen-bond donors (Lipinski definition) is 1. The average Bonchev–Trinajstić information content (AvgIpc) is 2.60. The zero-order valence-electron chi connectivity index (χ0n) is 15.8. The van der Waals surface area contributed by atoms with Gasteiger partial charge in [-0.15, -0.1) is 0 Å². The first-order chi connectivity index (χ1) is 12.3. The molecule has 0 heterocycles. The summed E-state index contributed by atoms with van der Waals surface area (Å²) in [6.45, 7) is 3.97. The number of anilines is 1. The molecule has 0 atom stereocenters. The monoisotopic (exact) mass is 444 g/mol. The molecule has 0 radical (unpaired) electrons. The normalized spacial score (nSPS) is 16.0. The number of nitrogens with one attached hydrogen (secondary N) is 1. The third kappa shape index (κ3) is 5.54. The molecule has 1 amide bonds. The number of sulfonamides is 1. The van der Waals surface area contributed by atoms with Crippen LogP contribution in [0, 0.1) is 0 Å². The number of hydrogen-bond acceptors (Lipinski definition) is 3. The maximum absolute atomic E-state index is 12.7. The number of halogens is 1. The second-order valence-electron chi connectivity index (χ2n) is 6.95. The second kappa shape index (κ2) is 9.33. The number of nitrogens with zero attached hydrogens (tertiary/aromatic N) is 1. The largest absolute Gasteiger partial charge is 0.324 e. The van der Waals surface area contributed by atoms with Crippen LogP contribution >= 0.6 is 15.9 Å². The highest BCUT2D eigenvalue weighted by Gasteiger charge is 2.30. The first kappa shape index (κ1) is 21.4. The molecular weight excluding hydrogens is 416 g/mol. The molecule has 0 spiro atoms. The number of carbonyl (C=O) groups excluding carboxylic acids is 1. The van der Waals surface area contributed by atoms with Crippen LogP contribution in [0.15, 0.2) is 16.6 Å². The average molecular weight is 445 g/mol. The molecule has 1 aliphatic carbocycles. The van der Waals surface area contributed by atoms with Crippen molar-refractivity contribution in [1.82, 2.24) is 4.31 Å². The topological polar surface area (TPSA) is 66.5 Å². The highest BCUT2D eigenvalue weighted by molar-refractivity contribution is 9.10. The summed E-state index contributed by atoms with van der Waals surface area (Å²) in [5.41, 5.74) is 2.92. The molecule has 1 saturated carbocycles. The molecule has 5 nitrogen and oxygen atoms in total. The van der Waals surface area contributed by atoms with E-state index in [1.807, 2.05) is 26.0 Å². The van der Waals surface area contributed by atoms with Crippen molar-refractivity contribution in [3.63, 3.8) is 0 Å². The van der Waals surface area contributed by atoms with Crippen LogP contribution in [0.2, 0.25) is 0 Å². The zero-order chi connectivity index (χ0) is 19.3. The summed E-state index contributed by atoms with van der Waals surface area (Å²) < 4.78 is 26.9. The number of carbonyl (C=O) groups is 1. The Balaban J connectivity index is 2.20. The van der Waals surface area contributed by atoms with Crippen LogP contribution in [0.5, 0.6) is 0 Å². The fraction of sp³-hybridized carbons (Fsp3) is 0.632. The summed E-state index contributed by atoms with van der Waals surface area (Å²) in [5.74, 6) is -0.271. The van der Waals surface area contributed by atoms with E-state index < -0.39 is 10.0 Å². The van der Waals surface area contributed by atoms with Crippen LogP contribution in [0.1, 0.15) is 57.1 Å². The van der Waals surface area contributed by atoms with E-state index >= 15 is 0 Å². The molecule has 1 N–H and O–H groups in total. The van der Waals surface area contributed by atoms with Crippen molar-refractivity contribution in [2.75, 3.05) is 18.1 Å². The van der Waals surface area contributed by atoms with E-state index in [0.717, 1.165) is 66.2 Å². The van der Waals surface area contributed by atoms with Crippen molar-refractivity contribution >= 4 is 37.5 Å². The van der Waals surface area contributed by atoms with E-state index in [-0.39, 0.29) is 18.5 Å². The smallest absolute Gasteiger partial charge is 0.239 e. The summed E-state index contributed by atoms with van der Waals surface area (Å²) >= 11 is 3.51. The summed E-state index contributed by atoms with van der Waals surface area (Å²) in [6.07, 6.45) is 7.62. The van der Waals surface area contributed by atoms with Crippen molar-refractivity contribution in [1.29, 1.82) is 0 Å². The Morgan fingerprint density at radius 2 is 1.69 bits per heavy atom. The Morgan fingerprint density at radius 1 is 1.15 bits per heavy atom. The van der Waals surface area contributed by atoms with Crippen LogP contribution in [-0.2, 0) is 27.7 Å². The van der Waals surface area contributed by atoms with Crippen LogP contribution in [0.4, 0.5) is 5.69 Å². The van der Waals surface area contributed by atoms with Crippen molar-refractivity contribution in [2.24, 2.45) is 0 Å². The predicted molar refractivity (Wildman–Crippen MR) is 110 cm³/mol. The van der Waals surface area contributed by atoms with Crippen molar-refractivity contribution in [3.8, 4) is 0 Å². The van der Waals surface area contributed by atoms with Gasteiger partial charge in [-0.3, -0.25) is 4.79 Å². The Kier molecular flexibility index (Phi) is 7.67. The van der Waals surface area contributed by atoms with Crippen molar-refractivity contribution in [3.05, 3.63) is 27.7 Å². The molecule has 0 bridgehead atoms. The van der Waals surface area contributed by atoms with Crippen molar-refractivity contribution in [2.45, 2.75) is 64.8 Å². The minimum atomic E-state index is -3.42. The molecule has 26 heavy (non-hydrogen) atoms. The van der Waals surface area contributed by atoms with Gasteiger partial charge in [-0.05, 0) is 48.9 Å². The minimum absolute atomic E-state index is 0.0642. The standard InChI is InChI=1S/C19H29BrN2O3S/c1-4-14-11-16(20)12-15(5-2)19(14)21-18(23)13-22(26(3,24)25)17-9-7-6-8-10-17/h11-12,17H,4-10,13H2,1-3H3,(H,21,23). The van der Waals surface area contributed by atoms with Crippen LogP contribution in [-0.4, -0.2) is 37.5 Å². The van der Waals surface area contributed by atoms with E-state index in [1.54, 1.807) is 0 Å². The molecular formula is C19H29BrN2O3S. The third-order valence-corrected chi connectivity index (χ3v) is 6.74. The predicted octanol–water partition coefficient (Wildman–Crippen LogP) is 4.11. The Morgan fingerprint density at radius 3 is 2.15 bits per heavy atom. The molecule has 1 aliphatic rings. The molecule has 1 fully saturated rings. The number of rotatable bonds is 7. The first-order valence-corrected chi connectivity index (χ1v) is 12.0. The first-order valence-electron chi connectivity index (χ1n) is 9.34. The van der Waals surface area contributed by atoms with E-state index in [4.69, 9.17) is 0 Å². The summed E-state index contributed by atoms with van der Waals surface area (Å²) in [7, 11) is -3.42. The van der Waals surface area contributed by atoms with Crippen LogP contribution in [0.25, 0.3) is 0 Å². The van der Waals surface area contributed by atoms with E-state index in [0.29, 0.717) is 0 Å². The van der Waals surface area contributed by atoms with Gasteiger partial charge in [0.05, 0.1) is 12.8 Å². The minimum Gasteiger partial charge on any atom is -0.324 e. The maximum Gasteiger partial charge on any atom is 0.239 e. The fourth-order valence-corrected chi connectivity index (χ4v) is 5.31. The van der Waals surface area contributed by atoms with Gasteiger partial charge in [-0.1, -0.05) is 49.0 Å². The number of amides is 1. The Labute approximate surface area is 165 Å². The van der Waals surface area contributed by atoms with E-state index in [9.17, 15) is 13.2 Å². The van der Waals surface area contributed by atoms with Gasteiger partial charge in [0, 0.05) is 16.2 Å². The van der Waals surface area contributed by atoms with E-state index in [2.05, 4.69) is 21.2 Å². The lowest BCUT2D eigenvalue weighted by atomic mass is 9.95. The summed E-state index contributed by atoms with van der Waals surface area (Å²) in [5, 5.41) is 2.98. The highest BCUT2D eigenvalue weighted by atomic mass is 79.9. The molecule has 1 aromatic rings. The lowest BCUT2D eigenvalue weighted by Gasteiger charge is -2.32. The molecule has 0 aromatic heterocycles. The number of benzene rings is 1. The van der Waals surface area contributed by atoms with Gasteiger partial charge >= 0.3 is 0 Å². The molecule has 0 aliphatic heterocycles. The van der Waals surface area contributed by atoms with Crippen LogP contribution < -0.4 is 5.32 Å². The number of aryl methyl sites for hydroxylation is 2. The van der Waals surface area contributed by atoms with Gasteiger partial charge in [-0.25, -0.2) is 8.42 Å². The molecule has 1 aromatic carbocycles. The van der Waals surface area contributed by atoms with Gasteiger partial charge in [-0.2, -0.15) is 4.31 Å². The molecule has 2 rings (SSSR count). The Bertz CT molecular complexity index is 718. The van der Waals surface area contributed by atoms with Crippen LogP contribution in [0.3, 0.4) is 0 Å². The fourth-order valence-electron chi connectivity index (χ4n) is 3.65. The Hall–Kier alpha value is -0.920. The second-order valence-corrected chi connectivity index (χ2v) is 9.81. The lowest BCUT2D eigenvalue weighted by Crippen LogP contribution is -2.45. The quantitative estimate of drug-likeness (QED) is 0.687. The van der Waals surface area contributed by atoms with E-state index in [1.165, 1.54) is 10.6 Å². The van der Waals surface area contributed by atoms with Gasteiger partial charge in [0.25, 0.3) is 0 Å². The summed E-state index contributed by atoms with van der Waals surface area (Å²) in [4.78, 5) is 12.7. The van der Waals surface area contributed by atoms with Gasteiger partial charge in [0.15, 0.2) is 0 Å². The van der Waals surface area contributed by atoms with Gasteiger partial charge < -0.3 is 5.32 Å². The van der Waals surface area contributed by atoms with Gasteiger partial charge in [0.1, 0.15) is 0 Å². The maximum atomic E-state index is 12.7. The highest BCUT2D eigenvalue weighted by Crippen LogP contribution is 2.28. The molecule has 7 heteroatoms. The van der Waals surface area contributed by atoms with Crippen molar-refractivity contribution < 1.29 is 13.2 Å². The summed E-state index contributed by atoms with van der Waals surface area (Å²) in [6, 6.07) is 3.94. The third-order valence-electron chi connectivity index (χ3n) is 5.00.